The number of nitrogens with zero attached hydrogens (tertiary/aromatic N) is 1. The number of anilines is 1. The van der Waals surface area contributed by atoms with Crippen LogP contribution in [0.1, 0.15) is 5.56 Å². The topological polar surface area (TPSA) is 52.0 Å². The number of nitrogen functional groups attached to an aromatic ring is 1. The van der Waals surface area contributed by atoms with Crippen LogP contribution < -0.4 is 5.73 Å². The number of oxazole rings is 1. The number of fused-ring (bicyclic) bond motifs is 1. The first kappa shape index (κ1) is 13.9. The normalized spacial score (nSPS) is 11.2. The monoisotopic (exact) mass is 414 g/mol. The van der Waals surface area contributed by atoms with Crippen molar-refractivity contribution in [1.29, 1.82) is 0 Å². The molecule has 3 nitrogen and oxygen atoms in total. The molecule has 0 radical (unpaired) electrons. The van der Waals surface area contributed by atoms with Gasteiger partial charge in [0, 0.05) is 20.6 Å². The second-order valence-electron chi connectivity index (χ2n) is 4.37. The first-order valence-electron chi connectivity index (χ1n) is 5.78. The number of aromatic nitrogens is 1. The summed E-state index contributed by atoms with van der Waals surface area (Å²) in [5.74, 6) is 0.517. The van der Waals surface area contributed by atoms with Gasteiger partial charge in [0.1, 0.15) is 5.52 Å². The summed E-state index contributed by atoms with van der Waals surface area (Å²) < 4.78 is 7.41. The van der Waals surface area contributed by atoms with Crippen molar-refractivity contribution in [3.63, 3.8) is 0 Å². The minimum Gasteiger partial charge on any atom is -0.436 e. The number of nitrogens with two attached hydrogens (primary N) is 1. The summed E-state index contributed by atoms with van der Waals surface area (Å²) in [7, 11) is 0. The highest BCUT2D eigenvalue weighted by atomic mass is 79.9. The van der Waals surface area contributed by atoms with Gasteiger partial charge in [0.05, 0.1) is 10.2 Å². The zero-order chi connectivity index (χ0) is 14.4. The molecule has 6 heteroatoms. The Labute approximate surface area is 137 Å². The van der Waals surface area contributed by atoms with Gasteiger partial charge in [0.15, 0.2) is 5.58 Å². The molecule has 1 aromatic heterocycles. The van der Waals surface area contributed by atoms with Crippen molar-refractivity contribution in [3.8, 4) is 11.5 Å². The van der Waals surface area contributed by atoms with E-state index in [1.165, 1.54) is 0 Å². The van der Waals surface area contributed by atoms with Crippen molar-refractivity contribution in [3.05, 3.63) is 43.8 Å². The largest absolute Gasteiger partial charge is 0.436 e. The van der Waals surface area contributed by atoms with E-state index in [2.05, 4.69) is 36.8 Å². The minimum absolute atomic E-state index is 0.517. The second-order valence-corrected chi connectivity index (χ2v) is 6.40. The van der Waals surface area contributed by atoms with Crippen LogP contribution in [0.2, 0.25) is 5.02 Å². The quantitative estimate of drug-likeness (QED) is 0.528. The van der Waals surface area contributed by atoms with Crippen LogP contribution in [0.4, 0.5) is 5.69 Å². The Morgan fingerprint density at radius 1 is 1.25 bits per heavy atom. The predicted molar refractivity (Wildman–Crippen MR) is 89.0 cm³/mol. The maximum absolute atomic E-state index is 6.02. The van der Waals surface area contributed by atoms with E-state index in [4.69, 9.17) is 21.8 Å². The Morgan fingerprint density at radius 3 is 2.70 bits per heavy atom. The van der Waals surface area contributed by atoms with Gasteiger partial charge in [-0.25, -0.2) is 4.98 Å². The standard InChI is InChI=1S/C14H9Br2ClN2O/c1-6-9(15)11(18)10(16)12-13(6)20-14(19-12)7-3-2-4-8(17)5-7/h2-5H,18H2,1H3. The van der Waals surface area contributed by atoms with Gasteiger partial charge in [0.2, 0.25) is 5.89 Å². The maximum Gasteiger partial charge on any atom is 0.227 e. The van der Waals surface area contributed by atoms with Crippen molar-refractivity contribution in [2.45, 2.75) is 6.92 Å². The molecule has 3 rings (SSSR count). The molecule has 0 bridgehead atoms. The first-order chi connectivity index (χ1) is 9.49. The molecule has 0 aliphatic rings. The average Bonchev–Trinajstić information content (AvgIpc) is 2.88. The number of rotatable bonds is 1. The van der Waals surface area contributed by atoms with Crippen molar-refractivity contribution in [1.82, 2.24) is 4.98 Å². The van der Waals surface area contributed by atoms with Crippen molar-refractivity contribution in [2.75, 3.05) is 5.73 Å². The number of halogens is 3. The van der Waals surface area contributed by atoms with E-state index in [0.717, 1.165) is 20.1 Å². The van der Waals surface area contributed by atoms with Crippen LogP contribution >= 0.6 is 43.5 Å². The fraction of sp³-hybridized carbons (Fsp3) is 0.0714. The van der Waals surface area contributed by atoms with E-state index in [9.17, 15) is 0 Å². The van der Waals surface area contributed by atoms with Gasteiger partial charge >= 0.3 is 0 Å². The Morgan fingerprint density at radius 2 is 2.00 bits per heavy atom. The molecule has 0 saturated carbocycles. The minimum atomic E-state index is 0.517. The Bertz CT molecular complexity index is 785. The summed E-state index contributed by atoms with van der Waals surface area (Å²) in [5, 5.41) is 0.640. The molecule has 0 saturated heterocycles. The fourth-order valence-corrected chi connectivity index (χ4v) is 3.30. The third-order valence-corrected chi connectivity index (χ3v) is 5.11. The third-order valence-electron chi connectivity index (χ3n) is 3.05. The summed E-state index contributed by atoms with van der Waals surface area (Å²) in [6.07, 6.45) is 0. The molecule has 20 heavy (non-hydrogen) atoms. The fourth-order valence-electron chi connectivity index (χ4n) is 1.99. The van der Waals surface area contributed by atoms with Crippen molar-refractivity contribution < 1.29 is 4.42 Å². The molecule has 0 unspecified atom stereocenters. The van der Waals surface area contributed by atoms with Gasteiger partial charge in [-0.05, 0) is 57.0 Å². The molecule has 0 amide bonds. The van der Waals surface area contributed by atoms with Crippen molar-refractivity contribution in [2.24, 2.45) is 0 Å². The highest BCUT2D eigenvalue weighted by Gasteiger charge is 2.18. The number of hydrogen-bond donors (Lipinski definition) is 1. The molecule has 0 spiro atoms. The van der Waals surface area contributed by atoms with Crippen LogP contribution in [0, 0.1) is 6.92 Å². The number of aryl methyl sites for hydroxylation is 1. The lowest BCUT2D eigenvalue weighted by Gasteiger charge is -2.05. The summed E-state index contributed by atoms with van der Waals surface area (Å²) in [6.45, 7) is 1.93. The second kappa shape index (κ2) is 5.06. The summed E-state index contributed by atoms with van der Waals surface area (Å²) in [4.78, 5) is 4.51. The van der Waals surface area contributed by atoms with E-state index in [0.29, 0.717) is 27.7 Å². The van der Waals surface area contributed by atoms with E-state index in [-0.39, 0.29) is 0 Å². The highest BCUT2D eigenvalue weighted by Crippen LogP contribution is 2.40. The van der Waals surface area contributed by atoms with E-state index < -0.39 is 0 Å². The molecule has 2 N–H and O–H groups in total. The molecule has 0 atom stereocenters. The Balaban J connectivity index is 2.31. The van der Waals surface area contributed by atoms with Crippen LogP contribution in [0.5, 0.6) is 0 Å². The van der Waals surface area contributed by atoms with Crippen molar-refractivity contribution >= 4 is 60.2 Å². The Kier molecular flexibility index (Phi) is 3.52. The van der Waals surface area contributed by atoms with E-state index in [1.807, 2.05) is 31.2 Å². The van der Waals surface area contributed by atoms with Crippen LogP contribution in [0.15, 0.2) is 37.6 Å². The molecule has 3 aromatic rings. The first-order valence-corrected chi connectivity index (χ1v) is 7.75. The molecule has 1 heterocycles. The van der Waals surface area contributed by atoms with Gasteiger partial charge in [0.25, 0.3) is 0 Å². The molecule has 0 aliphatic heterocycles. The molecular formula is C14H9Br2ClN2O. The summed E-state index contributed by atoms with van der Waals surface area (Å²) in [6, 6.07) is 7.38. The zero-order valence-corrected chi connectivity index (χ0v) is 14.3. The van der Waals surface area contributed by atoms with Crippen LogP contribution in [0.3, 0.4) is 0 Å². The van der Waals surface area contributed by atoms with Crippen LogP contribution in [0.25, 0.3) is 22.6 Å². The smallest absolute Gasteiger partial charge is 0.227 e. The van der Waals surface area contributed by atoms with E-state index in [1.54, 1.807) is 0 Å². The molecular weight excluding hydrogens is 407 g/mol. The van der Waals surface area contributed by atoms with Gasteiger partial charge in [-0.2, -0.15) is 0 Å². The Hall–Kier alpha value is -1.04. The lowest BCUT2D eigenvalue weighted by Crippen LogP contribution is -1.92. The van der Waals surface area contributed by atoms with Crippen LogP contribution in [-0.4, -0.2) is 4.98 Å². The summed E-state index contributed by atoms with van der Waals surface area (Å²) >= 11 is 12.9. The number of benzene rings is 2. The predicted octanol–water partition coefficient (Wildman–Crippen LogP) is 5.56. The molecule has 0 aliphatic carbocycles. The van der Waals surface area contributed by atoms with Gasteiger partial charge < -0.3 is 10.2 Å². The van der Waals surface area contributed by atoms with Crippen LogP contribution in [-0.2, 0) is 0 Å². The lowest BCUT2D eigenvalue weighted by molar-refractivity contribution is 0.617. The molecule has 2 aromatic carbocycles. The number of hydrogen-bond acceptors (Lipinski definition) is 3. The zero-order valence-electron chi connectivity index (χ0n) is 10.4. The highest BCUT2D eigenvalue weighted by molar-refractivity contribution is 9.11. The average molecular weight is 417 g/mol. The third kappa shape index (κ3) is 2.14. The van der Waals surface area contributed by atoms with E-state index >= 15 is 0 Å². The lowest BCUT2D eigenvalue weighted by atomic mass is 10.2. The summed E-state index contributed by atoms with van der Waals surface area (Å²) in [5.41, 5.74) is 9.79. The maximum atomic E-state index is 6.02. The van der Waals surface area contributed by atoms with Gasteiger partial charge in [-0.1, -0.05) is 17.7 Å². The molecule has 0 fully saturated rings. The van der Waals surface area contributed by atoms with Gasteiger partial charge in [-0.15, -0.1) is 0 Å². The molecule has 102 valence electrons. The van der Waals surface area contributed by atoms with Gasteiger partial charge in [-0.3, -0.25) is 0 Å². The SMILES string of the molecule is Cc1c(Br)c(N)c(Br)c2nc(-c3cccc(Cl)c3)oc12.